The molecule has 11 heteroatoms. The molecular formula is C28H44O11. The molecule has 14 atom stereocenters. The molecule has 5 fully saturated rings. The Morgan fingerprint density at radius 3 is 2.31 bits per heavy atom. The van der Waals surface area contributed by atoms with E-state index in [1.165, 1.54) is 6.92 Å². The van der Waals surface area contributed by atoms with E-state index in [0.717, 1.165) is 0 Å². The van der Waals surface area contributed by atoms with Crippen molar-refractivity contribution in [3.8, 4) is 0 Å². The van der Waals surface area contributed by atoms with Crippen molar-refractivity contribution in [2.75, 3.05) is 6.61 Å². The van der Waals surface area contributed by atoms with E-state index < -0.39 is 89.5 Å². The average molecular weight is 557 g/mol. The lowest BCUT2D eigenvalue weighted by molar-refractivity contribution is -0.330. The van der Waals surface area contributed by atoms with Gasteiger partial charge in [0.15, 0.2) is 6.29 Å². The summed E-state index contributed by atoms with van der Waals surface area (Å²) < 4.78 is 18.0. The van der Waals surface area contributed by atoms with Crippen LogP contribution in [0.4, 0.5) is 0 Å². The number of aliphatic hydroxyl groups is 7. The minimum atomic E-state index is -1.65. The normalized spacial score (nSPS) is 54.5. The molecule has 0 aromatic carbocycles. The van der Waals surface area contributed by atoms with Crippen molar-refractivity contribution in [3.05, 3.63) is 12.2 Å². The van der Waals surface area contributed by atoms with Crippen LogP contribution in [0.5, 0.6) is 0 Å². The molecule has 5 rings (SSSR count). The minimum absolute atomic E-state index is 0.0713. The maximum Gasteiger partial charge on any atom is 0.302 e. The lowest BCUT2D eigenvalue weighted by Crippen LogP contribution is -2.61. The predicted octanol–water partition coefficient (Wildman–Crippen LogP) is -0.631. The van der Waals surface area contributed by atoms with E-state index in [1.54, 1.807) is 13.8 Å². The van der Waals surface area contributed by atoms with E-state index in [-0.39, 0.29) is 31.1 Å². The monoisotopic (exact) mass is 556 g/mol. The first-order valence-electron chi connectivity index (χ1n) is 14.0. The number of esters is 1. The van der Waals surface area contributed by atoms with Crippen LogP contribution in [0.25, 0.3) is 0 Å². The zero-order valence-electron chi connectivity index (χ0n) is 23.1. The Morgan fingerprint density at radius 2 is 1.69 bits per heavy atom. The van der Waals surface area contributed by atoms with Gasteiger partial charge >= 0.3 is 5.97 Å². The first kappa shape index (κ1) is 29.3. The Bertz CT molecular complexity index is 1000. The van der Waals surface area contributed by atoms with Crippen molar-refractivity contribution in [2.45, 2.75) is 120 Å². The molecule has 4 aliphatic carbocycles. The molecule has 2 bridgehead atoms. The van der Waals surface area contributed by atoms with Crippen LogP contribution in [0.3, 0.4) is 0 Å². The summed E-state index contributed by atoms with van der Waals surface area (Å²) in [5.74, 6) is -1.69. The summed E-state index contributed by atoms with van der Waals surface area (Å²) in [5.41, 5.74) is -3.89. The molecule has 0 radical (unpaired) electrons. The molecule has 5 aliphatic rings. The topological polar surface area (TPSA) is 186 Å². The number of rotatable bonds is 4. The third-order valence-electron chi connectivity index (χ3n) is 11.2. The first-order chi connectivity index (χ1) is 18.0. The number of hydrogen-bond donors (Lipinski definition) is 7. The van der Waals surface area contributed by atoms with Crippen molar-refractivity contribution in [1.29, 1.82) is 0 Å². The molecule has 0 aromatic rings. The molecule has 222 valence electrons. The van der Waals surface area contributed by atoms with E-state index in [4.69, 9.17) is 14.2 Å². The summed E-state index contributed by atoms with van der Waals surface area (Å²) in [6.07, 6.45) is -8.29. The van der Waals surface area contributed by atoms with Crippen LogP contribution < -0.4 is 0 Å². The second-order valence-electron chi connectivity index (χ2n) is 13.5. The number of carbonyl (C=O) groups is 1. The molecule has 7 N–H and O–H groups in total. The van der Waals surface area contributed by atoms with Crippen molar-refractivity contribution >= 4 is 5.97 Å². The number of carbonyl (C=O) groups excluding carboxylic acids is 1. The van der Waals surface area contributed by atoms with Gasteiger partial charge in [0.05, 0.1) is 24.4 Å². The fourth-order valence-electron chi connectivity index (χ4n) is 9.11. The van der Waals surface area contributed by atoms with E-state index >= 15 is 0 Å². The van der Waals surface area contributed by atoms with E-state index in [1.807, 2.05) is 6.92 Å². The highest BCUT2D eigenvalue weighted by Crippen LogP contribution is 2.70. The van der Waals surface area contributed by atoms with Crippen LogP contribution in [0.1, 0.15) is 59.8 Å². The Balaban J connectivity index is 1.55. The highest BCUT2D eigenvalue weighted by atomic mass is 16.7. The van der Waals surface area contributed by atoms with Crippen LogP contribution in [-0.2, 0) is 19.0 Å². The Morgan fingerprint density at radius 1 is 1.03 bits per heavy atom. The van der Waals surface area contributed by atoms with E-state index in [2.05, 4.69) is 6.58 Å². The summed E-state index contributed by atoms with van der Waals surface area (Å²) in [7, 11) is 0. The van der Waals surface area contributed by atoms with Crippen molar-refractivity contribution in [2.24, 2.45) is 28.6 Å². The van der Waals surface area contributed by atoms with Crippen LogP contribution in [0, 0.1) is 28.6 Å². The Hall–Kier alpha value is -1.15. The third kappa shape index (κ3) is 3.92. The van der Waals surface area contributed by atoms with Crippen molar-refractivity contribution in [1.82, 2.24) is 0 Å². The molecule has 1 saturated heterocycles. The molecule has 39 heavy (non-hydrogen) atoms. The Labute approximate surface area is 228 Å². The van der Waals surface area contributed by atoms with Gasteiger partial charge in [-0.3, -0.25) is 4.79 Å². The molecule has 1 spiro atoms. The standard InChI is InChI=1S/C28H44O11/c1-12-14-6-7-15-23(37-13(2)30)27(14,9-19(32)28(36)16(12)8-18(31)25(28,3)4)11-26(15,5)39-24-22(35)21(34)20(33)17(10-29)38-24/h14-24,29,31-36H,1,6-11H2,2-5H3/t14-,15+,16-,17+,18-,19+,20+,21-,22+,23+,24-,26+,27-,28-/m0/s1. The first-order valence-corrected chi connectivity index (χ1v) is 14.0. The van der Waals surface area contributed by atoms with Gasteiger partial charge in [0.1, 0.15) is 36.1 Å². The fourth-order valence-corrected chi connectivity index (χ4v) is 9.11. The van der Waals surface area contributed by atoms with Crippen LogP contribution in [0.2, 0.25) is 0 Å². The maximum absolute atomic E-state index is 12.4. The quantitative estimate of drug-likeness (QED) is 0.173. The fraction of sp³-hybridized carbons (Fsp3) is 0.893. The van der Waals surface area contributed by atoms with E-state index in [0.29, 0.717) is 18.4 Å². The van der Waals surface area contributed by atoms with Gasteiger partial charge in [-0.1, -0.05) is 26.0 Å². The maximum atomic E-state index is 12.4. The number of aliphatic hydroxyl groups excluding tert-OH is 6. The molecule has 1 heterocycles. The minimum Gasteiger partial charge on any atom is -0.462 e. The molecule has 0 aromatic heterocycles. The Kier molecular flexibility index (Phi) is 7.10. The van der Waals surface area contributed by atoms with E-state index in [9.17, 15) is 40.5 Å². The second kappa shape index (κ2) is 9.43. The van der Waals surface area contributed by atoms with Gasteiger partial charge in [-0.2, -0.15) is 0 Å². The SMILES string of the molecule is C=C1[C@@H]2CC[C@@H]3[C@@H](OC(C)=O)[C@@]2(C[C@@H](O)[C@@]2(O)[C@H]1C[C@H](O)C2(C)C)C[C@@]3(C)O[C@@H]1O[C@H](CO)[C@@H](O)[C@H](O)[C@H]1O. The zero-order chi connectivity index (χ0) is 28.9. The van der Waals surface area contributed by atoms with Crippen LogP contribution in [0.15, 0.2) is 12.2 Å². The summed E-state index contributed by atoms with van der Waals surface area (Å²) in [4.78, 5) is 12.4. The lowest BCUT2D eigenvalue weighted by Gasteiger charge is -2.47. The average Bonchev–Trinajstić information content (AvgIpc) is 3.09. The number of ether oxygens (including phenoxy) is 3. The van der Waals surface area contributed by atoms with Gasteiger partial charge in [0, 0.05) is 29.6 Å². The smallest absolute Gasteiger partial charge is 0.302 e. The number of hydrogen-bond acceptors (Lipinski definition) is 11. The highest BCUT2D eigenvalue weighted by molar-refractivity contribution is 5.66. The van der Waals surface area contributed by atoms with Gasteiger partial charge < -0.3 is 50.0 Å². The largest absolute Gasteiger partial charge is 0.462 e. The van der Waals surface area contributed by atoms with Crippen LogP contribution >= 0.6 is 0 Å². The van der Waals surface area contributed by atoms with Gasteiger partial charge in [-0.25, -0.2) is 0 Å². The summed E-state index contributed by atoms with van der Waals surface area (Å²) in [6, 6.07) is 0. The molecule has 0 unspecified atom stereocenters. The summed E-state index contributed by atoms with van der Waals surface area (Å²) in [6.45, 7) is 10.4. The second-order valence-corrected chi connectivity index (χ2v) is 13.5. The van der Waals surface area contributed by atoms with Gasteiger partial charge in [-0.15, -0.1) is 0 Å². The lowest BCUT2D eigenvalue weighted by atomic mass is 9.61. The molecule has 11 nitrogen and oxygen atoms in total. The molecule has 4 saturated carbocycles. The predicted molar refractivity (Wildman–Crippen MR) is 135 cm³/mol. The molecule has 1 aliphatic heterocycles. The molecular weight excluding hydrogens is 512 g/mol. The highest BCUT2D eigenvalue weighted by Gasteiger charge is 2.74. The van der Waals surface area contributed by atoms with Crippen molar-refractivity contribution < 1.29 is 54.8 Å². The molecule has 0 amide bonds. The summed E-state index contributed by atoms with van der Waals surface area (Å²) >= 11 is 0. The van der Waals surface area contributed by atoms with Crippen molar-refractivity contribution in [3.63, 3.8) is 0 Å². The van der Waals surface area contributed by atoms with Crippen LogP contribution in [-0.4, -0.2) is 109 Å². The third-order valence-corrected chi connectivity index (χ3v) is 11.2. The van der Waals surface area contributed by atoms with Gasteiger partial charge in [0.25, 0.3) is 0 Å². The summed E-state index contributed by atoms with van der Waals surface area (Å²) in [5, 5.41) is 75.5. The van der Waals surface area contributed by atoms with Gasteiger partial charge in [0.2, 0.25) is 0 Å². The zero-order valence-corrected chi connectivity index (χ0v) is 23.1. The van der Waals surface area contributed by atoms with Gasteiger partial charge in [-0.05, 0) is 44.9 Å². The number of fused-ring (bicyclic) bond motifs is 2.